The minimum atomic E-state index is -0.724. The van der Waals surface area contributed by atoms with Gasteiger partial charge in [0.25, 0.3) is 0 Å². The maximum Gasteiger partial charge on any atom is 0.414 e. The quantitative estimate of drug-likeness (QED) is 0.813. The predicted molar refractivity (Wildman–Crippen MR) is 94.4 cm³/mol. The van der Waals surface area contributed by atoms with Crippen molar-refractivity contribution in [2.75, 3.05) is 27.7 Å². The van der Waals surface area contributed by atoms with Crippen LogP contribution in [0, 0.1) is 11.6 Å². The average molecular weight is 364 g/mol. The second-order valence-corrected chi connectivity index (χ2v) is 5.88. The van der Waals surface area contributed by atoms with Gasteiger partial charge < -0.3 is 19.7 Å². The number of carbonyl (C=O) groups is 1. The van der Waals surface area contributed by atoms with Crippen LogP contribution in [-0.4, -0.2) is 38.7 Å². The van der Waals surface area contributed by atoms with Gasteiger partial charge in [0, 0.05) is 32.6 Å². The Morgan fingerprint density at radius 2 is 1.85 bits per heavy atom. The summed E-state index contributed by atoms with van der Waals surface area (Å²) in [4.78, 5) is 12.9. The second-order valence-electron chi connectivity index (χ2n) is 5.88. The molecule has 0 aromatic heterocycles. The smallest absolute Gasteiger partial charge is 0.414 e. The van der Waals surface area contributed by atoms with E-state index >= 15 is 0 Å². The van der Waals surface area contributed by atoms with Crippen molar-refractivity contribution in [1.29, 1.82) is 0 Å². The summed E-state index contributed by atoms with van der Waals surface area (Å²) in [5, 5.41) is 3.16. The Bertz CT molecular complexity index is 736. The van der Waals surface area contributed by atoms with Crippen LogP contribution in [0.4, 0.5) is 13.6 Å². The lowest BCUT2D eigenvalue weighted by atomic mass is 10.0. The summed E-state index contributed by atoms with van der Waals surface area (Å²) < 4.78 is 37.0. The van der Waals surface area contributed by atoms with E-state index in [4.69, 9.17) is 9.47 Å². The second kappa shape index (κ2) is 9.15. The van der Waals surface area contributed by atoms with Crippen molar-refractivity contribution in [3.05, 3.63) is 59.7 Å². The van der Waals surface area contributed by atoms with Crippen molar-refractivity contribution >= 4 is 6.09 Å². The van der Waals surface area contributed by atoms with E-state index in [1.54, 1.807) is 26.2 Å². The van der Waals surface area contributed by atoms with E-state index in [0.717, 1.165) is 17.7 Å². The van der Waals surface area contributed by atoms with Crippen LogP contribution in [0.1, 0.15) is 18.0 Å². The number of amides is 1. The molecule has 1 N–H and O–H groups in total. The fraction of sp³-hybridized carbons (Fsp3) is 0.316. The molecule has 26 heavy (non-hydrogen) atoms. The van der Waals surface area contributed by atoms with Crippen LogP contribution in [0.5, 0.6) is 11.5 Å². The van der Waals surface area contributed by atoms with Gasteiger partial charge in [-0.3, -0.25) is 0 Å². The van der Waals surface area contributed by atoms with E-state index in [2.05, 4.69) is 5.32 Å². The van der Waals surface area contributed by atoms with Crippen molar-refractivity contribution in [2.24, 2.45) is 0 Å². The third kappa shape index (κ3) is 5.42. The number of nitrogens with one attached hydrogen (secondary N) is 1. The van der Waals surface area contributed by atoms with Gasteiger partial charge in [0.2, 0.25) is 0 Å². The highest BCUT2D eigenvalue weighted by atomic mass is 19.1. The molecular weight excluding hydrogens is 342 g/mol. The topological polar surface area (TPSA) is 50.8 Å². The Balaban J connectivity index is 1.92. The molecule has 140 valence electrons. The molecule has 0 heterocycles. The Morgan fingerprint density at radius 1 is 1.15 bits per heavy atom. The van der Waals surface area contributed by atoms with Gasteiger partial charge in [0.1, 0.15) is 11.6 Å². The number of benzene rings is 2. The molecule has 0 fully saturated rings. The Labute approximate surface area is 151 Å². The van der Waals surface area contributed by atoms with Crippen LogP contribution in [0.15, 0.2) is 42.5 Å². The van der Waals surface area contributed by atoms with E-state index in [1.807, 2.05) is 19.2 Å². The average Bonchev–Trinajstić information content (AvgIpc) is 2.61. The Morgan fingerprint density at radius 3 is 2.42 bits per heavy atom. The lowest BCUT2D eigenvalue weighted by Crippen LogP contribution is -2.25. The van der Waals surface area contributed by atoms with E-state index in [9.17, 15) is 13.6 Å². The van der Waals surface area contributed by atoms with Crippen molar-refractivity contribution < 1.29 is 23.0 Å². The van der Waals surface area contributed by atoms with Crippen LogP contribution in [-0.2, 0) is 0 Å². The van der Waals surface area contributed by atoms with Crippen molar-refractivity contribution in [1.82, 2.24) is 10.2 Å². The Hall–Kier alpha value is -2.67. The van der Waals surface area contributed by atoms with Gasteiger partial charge in [-0.15, -0.1) is 0 Å². The molecule has 0 saturated heterocycles. The third-order valence-corrected chi connectivity index (χ3v) is 3.76. The van der Waals surface area contributed by atoms with Crippen molar-refractivity contribution in [2.45, 2.75) is 12.5 Å². The molecule has 0 saturated carbocycles. The summed E-state index contributed by atoms with van der Waals surface area (Å²) >= 11 is 0. The van der Waals surface area contributed by atoms with Gasteiger partial charge >= 0.3 is 6.09 Å². The summed E-state index contributed by atoms with van der Waals surface area (Å²) in [6.07, 6.45) is 0.127. The number of hydrogen-bond acceptors (Lipinski definition) is 4. The summed E-state index contributed by atoms with van der Waals surface area (Å²) in [7, 11) is 5.03. The molecule has 2 aromatic carbocycles. The summed E-state index contributed by atoms with van der Waals surface area (Å²) in [5.41, 5.74) is 0.973. The first-order chi connectivity index (χ1) is 12.4. The molecular formula is C19H22F2N2O3. The summed E-state index contributed by atoms with van der Waals surface area (Å²) in [5.74, 6) is -0.893. The molecule has 0 bridgehead atoms. The van der Waals surface area contributed by atoms with Gasteiger partial charge in [-0.1, -0.05) is 12.1 Å². The number of rotatable bonds is 7. The highest BCUT2D eigenvalue weighted by Crippen LogP contribution is 2.22. The van der Waals surface area contributed by atoms with Gasteiger partial charge in [0.05, 0.1) is 6.61 Å². The highest BCUT2D eigenvalue weighted by Gasteiger charge is 2.12. The van der Waals surface area contributed by atoms with Crippen LogP contribution in [0.2, 0.25) is 0 Å². The molecule has 7 heteroatoms. The fourth-order valence-electron chi connectivity index (χ4n) is 2.32. The standard InChI is InChI=1S/C19H22F2N2O3/c1-22-17(10-11-25-18-9-6-14(20)12-16(18)21)13-4-7-15(8-5-13)26-19(24)23(2)3/h4-9,12,17,22H,10-11H2,1-3H3. The molecule has 1 amide bonds. The number of hydrogen-bond donors (Lipinski definition) is 1. The van der Waals surface area contributed by atoms with Crippen LogP contribution >= 0.6 is 0 Å². The largest absolute Gasteiger partial charge is 0.490 e. The molecule has 5 nitrogen and oxygen atoms in total. The van der Waals surface area contributed by atoms with Crippen LogP contribution in [0.3, 0.4) is 0 Å². The normalized spacial score (nSPS) is 11.7. The summed E-state index contributed by atoms with van der Waals surface area (Å²) in [6, 6.07) is 10.3. The van der Waals surface area contributed by atoms with Crippen molar-refractivity contribution in [3.8, 4) is 11.5 Å². The van der Waals surface area contributed by atoms with Gasteiger partial charge in [0.15, 0.2) is 11.6 Å². The van der Waals surface area contributed by atoms with E-state index in [0.29, 0.717) is 12.2 Å². The Kier molecular flexibility index (Phi) is 6.91. The maximum absolute atomic E-state index is 13.6. The molecule has 0 aliphatic heterocycles. The number of carbonyl (C=O) groups excluding carboxylic acids is 1. The molecule has 2 rings (SSSR count). The SMILES string of the molecule is CNC(CCOc1ccc(F)cc1F)c1ccc(OC(=O)N(C)C)cc1. The monoisotopic (exact) mass is 364 g/mol. The van der Waals surface area contributed by atoms with Crippen LogP contribution < -0.4 is 14.8 Å². The van der Waals surface area contributed by atoms with Crippen LogP contribution in [0.25, 0.3) is 0 Å². The van der Waals surface area contributed by atoms with Gasteiger partial charge in [-0.05, 0) is 36.9 Å². The zero-order valence-corrected chi connectivity index (χ0v) is 15.0. The van der Waals surface area contributed by atoms with E-state index < -0.39 is 17.7 Å². The molecule has 1 atom stereocenters. The lowest BCUT2D eigenvalue weighted by molar-refractivity contribution is 0.172. The minimum Gasteiger partial charge on any atom is -0.490 e. The zero-order valence-electron chi connectivity index (χ0n) is 15.0. The number of ether oxygens (including phenoxy) is 2. The first-order valence-corrected chi connectivity index (χ1v) is 8.15. The minimum absolute atomic E-state index is 0.0206. The third-order valence-electron chi connectivity index (χ3n) is 3.76. The molecule has 0 spiro atoms. The van der Waals surface area contributed by atoms with E-state index in [-0.39, 0.29) is 18.4 Å². The molecule has 0 radical (unpaired) electrons. The van der Waals surface area contributed by atoms with Crippen molar-refractivity contribution in [3.63, 3.8) is 0 Å². The molecule has 0 aliphatic carbocycles. The molecule has 2 aromatic rings. The lowest BCUT2D eigenvalue weighted by Gasteiger charge is -2.18. The number of nitrogens with zero attached hydrogens (tertiary/aromatic N) is 1. The highest BCUT2D eigenvalue weighted by molar-refractivity contribution is 5.69. The fourth-order valence-corrected chi connectivity index (χ4v) is 2.32. The predicted octanol–water partition coefficient (Wildman–Crippen LogP) is 3.75. The van der Waals surface area contributed by atoms with E-state index in [1.165, 1.54) is 11.0 Å². The molecule has 0 aliphatic rings. The zero-order chi connectivity index (χ0) is 19.1. The number of halogens is 2. The summed E-state index contributed by atoms with van der Waals surface area (Å²) in [6.45, 7) is 0.255. The molecule has 1 unspecified atom stereocenters. The first kappa shape index (κ1) is 19.7. The first-order valence-electron chi connectivity index (χ1n) is 8.15. The van der Waals surface area contributed by atoms with Gasteiger partial charge in [-0.25, -0.2) is 13.6 Å². The van der Waals surface area contributed by atoms with Gasteiger partial charge in [-0.2, -0.15) is 0 Å². The maximum atomic E-state index is 13.6.